The summed E-state index contributed by atoms with van der Waals surface area (Å²) in [5.41, 5.74) is 0.0715. The van der Waals surface area contributed by atoms with Crippen LogP contribution in [0.1, 0.15) is 37.7 Å². The number of fused-ring (bicyclic) bond motifs is 2. The van der Waals surface area contributed by atoms with Gasteiger partial charge >= 0.3 is 0 Å². The Labute approximate surface area is 123 Å². The van der Waals surface area contributed by atoms with Crippen LogP contribution in [0.2, 0.25) is 0 Å². The molecule has 2 aliphatic rings. The van der Waals surface area contributed by atoms with Gasteiger partial charge in [-0.1, -0.05) is 6.42 Å². The number of methoxy groups -OCH3 is 1. The topological polar surface area (TPSA) is 29.5 Å². The number of halogens is 1. The van der Waals surface area contributed by atoms with Gasteiger partial charge in [-0.2, -0.15) is 11.8 Å². The van der Waals surface area contributed by atoms with Crippen LogP contribution < -0.4 is 4.74 Å². The zero-order valence-electron chi connectivity index (χ0n) is 11.8. The zero-order chi connectivity index (χ0) is 14.2. The average Bonchev–Trinajstić information content (AvgIpc) is 2.37. The Morgan fingerprint density at radius 2 is 2.05 bits per heavy atom. The molecule has 2 atom stereocenters. The van der Waals surface area contributed by atoms with Crippen LogP contribution in [0.25, 0.3) is 0 Å². The molecule has 0 spiro atoms. The first-order valence-electron chi connectivity index (χ1n) is 7.28. The van der Waals surface area contributed by atoms with Crippen LogP contribution in [-0.4, -0.2) is 28.3 Å². The van der Waals surface area contributed by atoms with Gasteiger partial charge in [0.05, 0.1) is 12.7 Å². The summed E-state index contributed by atoms with van der Waals surface area (Å²) in [4.78, 5) is 0. The Morgan fingerprint density at radius 3 is 2.70 bits per heavy atom. The van der Waals surface area contributed by atoms with Gasteiger partial charge in [-0.05, 0) is 49.4 Å². The monoisotopic (exact) mass is 296 g/mol. The minimum absolute atomic E-state index is 0.269. The van der Waals surface area contributed by atoms with Crippen molar-refractivity contribution in [2.24, 2.45) is 0 Å². The summed E-state index contributed by atoms with van der Waals surface area (Å²) in [7, 11) is 1.59. The highest BCUT2D eigenvalue weighted by atomic mass is 32.2. The summed E-state index contributed by atoms with van der Waals surface area (Å²) in [6.07, 6.45) is 5.79. The number of hydrogen-bond donors (Lipinski definition) is 1. The number of hydrogen-bond acceptors (Lipinski definition) is 3. The largest absolute Gasteiger partial charge is 0.496 e. The molecule has 4 heteroatoms. The van der Waals surface area contributed by atoms with E-state index in [1.807, 2.05) is 11.8 Å². The second-order valence-corrected chi connectivity index (χ2v) is 7.68. The molecule has 2 bridgehead atoms. The van der Waals surface area contributed by atoms with Crippen LogP contribution in [0.5, 0.6) is 5.75 Å². The molecule has 2 unspecified atom stereocenters. The van der Waals surface area contributed by atoms with E-state index in [0.29, 0.717) is 22.7 Å². The summed E-state index contributed by atoms with van der Waals surface area (Å²) < 4.78 is 18.7. The lowest BCUT2D eigenvalue weighted by Gasteiger charge is -2.44. The first-order valence-corrected chi connectivity index (χ1v) is 8.22. The van der Waals surface area contributed by atoms with E-state index in [-0.39, 0.29) is 5.82 Å². The molecule has 2 heterocycles. The highest BCUT2D eigenvalue weighted by Crippen LogP contribution is 2.47. The van der Waals surface area contributed by atoms with Gasteiger partial charge in [0.1, 0.15) is 11.6 Å². The molecule has 0 saturated carbocycles. The van der Waals surface area contributed by atoms with Crippen molar-refractivity contribution in [2.45, 2.75) is 54.6 Å². The molecule has 1 aromatic carbocycles. The van der Waals surface area contributed by atoms with Crippen molar-refractivity contribution in [1.82, 2.24) is 0 Å². The predicted octanol–water partition coefficient (Wildman–Crippen LogP) is 3.56. The molecule has 0 aromatic heterocycles. The first-order chi connectivity index (χ1) is 9.58. The van der Waals surface area contributed by atoms with E-state index >= 15 is 0 Å². The molecule has 110 valence electrons. The molecule has 0 amide bonds. The summed E-state index contributed by atoms with van der Waals surface area (Å²) in [6.45, 7) is 0. The van der Waals surface area contributed by atoms with E-state index < -0.39 is 5.60 Å². The maximum absolute atomic E-state index is 13.5. The molecule has 20 heavy (non-hydrogen) atoms. The fourth-order valence-electron chi connectivity index (χ4n) is 3.60. The molecular formula is C16H21FO2S. The molecule has 2 saturated heterocycles. The van der Waals surface area contributed by atoms with Gasteiger partial charge in [-0.25, -0.2) is 4.39 Å². The first kappa shape index (κ1) is 14.2. The van der Waals surface area contributed by atoms with Crippen molar-refractivity contribution in [3.8, 4) is 5.75 Å². The third-order valence-electron chi connectivity index (χ3n) is 4.41. The van der Waals surface area contributed by atoms with Crippen molar-refractivity contribution in [1.29, 1.82) is 0 Å². The highest BCUT2D eigenvalue weighted by molar-refractivity contribution is 8.00. The van der Waals surface area contributed by atoms with Gasteiger partial charge in [-0.3, -0.25) is 0 Å². The molecular weight excluding hydrogens is 275 g/mol. The molecule has 0 aliphatic carbocycles. The second kappa shape index (κ2) is 5.57. The quantitative estimate of drug-likeness (QED) is 0.925. The Kier molecular flexibility index (Phi) is 3.95. The fourth-order valence-corrected chi connectivity index (χ4v) is 5.56. The molecule has 2 nitrogen and oxygen atoms in total. The van der Waals surface area contributed by atoms with Crippen molar-refractivity contribution in [3.63, 3.8) is 0 Å². The highest BCUT2D eigenvalue weighted by Gasteiger charge is 2.41. The van der Waals surface area contributed by atoms with E-state index in [9.17, 15) is 9.50 Å². The van der Waals surface area contributed by atoms with E-state index in [2.05, 4.69) is 0 Å². The van der Waals surface area contributed by atoms with Gasteiger partial charge < -0.3 is 9.84 Å². The van der Waals surface area contributed by atoms with Crippen LogP contribution in [0.4, 0.5) is 4.39 Å². The predicted molar refractivity (Wildman–Crippen MR) is 79.9 cm³/mol. The number of thioether (sulfide) groups is 1. The van der Waals surface area contributed by atoms with Crippen molar-refractivity contribution in [2.75, 3.05) is 7.11 Å². The lowest BCUT2D eigenvalue weighted by molar-refractivity contribution is 0.0125. The standard InChI is InChI=1S/C16H21FO2S/c1-19-15-6-5-12(17)7-11(15)8-16(18)9-13-3-2-4-14(10-16)20-13/h5-7,13-14,18H,2-4,8-10H2,1H3. The van der Waals surface area contributed by atoms with E-state index in [0.717, 1.165) is 18.4 Å². The van der Waals surface area contributed by atoms with Crippen molar-refractivity contribution < 1.29 is 14.2 Å². The third-order valence-corrected chi connectivity index (χ3v) is 5.99. The lowest BCUT2D eigenvalue weighted by atomic mass is 9.81. The van der Waals surface area contributed by atoms with Crippen LogP contribution in [0, 0.1) is 5.82 Å². The van der Waals surface area contributed by atoms with Crippen molar-refractivity contribution in [3.05, 3.63) is 29.6 Å². The van der Waals surface area contributed by atoms with Crippen LogP contribution in [-0.2, 0) is 6.42 Å². The maximum Gasteiger partial charge on any atom is 0.123 e. The van der Waals surface area contributed by atoms with Crippen LogP contribution in [0.3, 0.4) is 0 Å². The van der Waals surface area contributed by atoms with Crippen LogP contribution in [0.15, 0.2) is 18.2 Å². The summed E-state index contributed by atoms with van der Waals surface area (Å²) in [5.74, 6) is 0.401. The molecule has 2 aliphatic heterocycles. The normalized spacial score (nSPS) is 33.0. The van der Waals surface area contributed by atoms with E-state index in [4.69, 9.17) is 4.74 Å². The Morgan fingerprint density at radius 1 is 1.35 bits per heavy atom. The third kappa shape index (κ3) is 2.96. The Balaban J connectivity index is 1.81. The van der Waals surface area contributed by atoms with Gasteiger partial charge in [0.15, 0.2) is 0 Å². The SMILES string of the molecule is COc1ccc(F)cc1CC1(O)CC2CCCC(C1)S2. The number of benzene rings is 1. The molecule has 3 rings (SSSR count). The number of rotatable bonds is 3. The van der Waals surface area contributed by atoms with Crippen LogP contribution >= 0.6 is 11.8 Å². The number of aliphatic hydroxyl groups is 1. The zero-order valence-corrected chi connectivity index (χ0v) is 12.6. The minimum Gasteiger partial charge on any atom is -0.496 e. The summed E-state index contributed by atoms with van der Waals surface area (Å²) >= 11 is 2.03. The van der Waals surface area contributed by atoms with E-state index in [1.165, 1.54) is 31.4 Å². The van der Waals surface area contributed by atoms with Gasteiger partial charge in [0.25, 0.3) is 0 Å². The van der Waals surface area contributed by atoms with Gasteiger partial charge in [0, 0.05) is 16.9 Å². The van der Waals surface area contributed by atoms with Crippen molar-refractivity contribution >= 4 is 11.8 Å². The van der Waals surface area contributed by atoms with Gasteiger partial charge in [-0.15, -0.1) is 0 Å². The minimum atomic E-state index is -0.706. The van der Waals surface area contributed by atoms with Gasteiger partial charge in [0.2, 0.25) is 0 Å². The molecule has 0 radical (unpaired) electrons. The molecule has 2 fully saturated rings. The lowest BCUT2D eigenvalue weighted by Crippen LogP contribution is -2.44. The Hall–Kier alpha value is -0.740. The number of ether oxygens (including phenoxy) is 1. The Bertz CT molecular complexity index is 479. The fraction of sp³-hybridized carbons (Fsp3) is 0.625. The maximum atomic E-state index is 13.5. The second-order valence-electron chi connectivity index (χ2n) is 6.08. The summed E-state index contributed by atoms with van der Waals surface area (Å²) in [5, 5.41) is 12.1. The molecule has 1 N–H and O–H groups in total. The van der Waals surface area contributed by atoms with E-state index in [1.54, 1.807) is 13.2 Å². The summed E-state index contributed by atoms with van der Waals surface area (Å²) in [6, 6.07) is 4.54. The molecule has 1 aromatic rings. The smallest absolute Gasteiger partial charge is 0.123 e. The average molecular weight is 296 g/mol.